The maximum Gasteiger partial charge on any atom is 0.264 e. The molecular formula is C19H24ClN3O2S. The Bertz CT molecular complexity index is 716. The highest BCUT2D eigenvalue weighted by atomic mass is 35.5. The maximum absolute atomic E-state index is 12.8. The van der Waals surface area contributed by atoms with E-state index in [1.54, 1.807) is 0 Å². The van der Waals surface area contributed by atoms with Crippen LogP contribution in [0.15, 0.2) is 47.8 Å². The van der Waals surface area contributed by atoms with Crippen LogP contribution in [0.1, 0.15) is 28.2 Å². The number of nitrogens with two attached hydrogens (primary N) is 1. The van der Waals surface area contributed by atoms with Crippen LogP contribution in [0.25, 0.3) is 0 Å². The van der Waals surface area contributed by atoms with Crippen LogP contribution < -0.4 is 5.73 Å². The normalized spacial score (nSPS) is 16.5. The van der Waals surface area contributed by atoms with E-state index >= 15 is 0 Å². The van der Waals surface area contributed by atoms with Crippen LogP contribution in [-0.2, 0) is 4.79 Å². The second kappa shape index (κ2) is 9.16. The van der Waals surface area contributed by atoms with Gasteiger partial charge in [0.25, 0.3) is 5.91 Å². The molecule has 1 aromatic heterocycles. The van der Waals surface area contributed by atoms with Crippen molar-refractivity contribution >= 4 is 35.6 Å². The third kappa shape index (κ3) is 4.44. The highest BCUT2D eigenvalue weighted by Gasteiger charge is 2.30. The van der Waals surface area contributed by atoms with Crippen LogP contribution in [0.4, 0.5) is 0 Å². The third-order valence-electron chi connectivity index (χ3n) is 4.72. The Balaban J connectivity index is 0.00000243. The summed E-state index contributed by atoms with van der Waals surface area (Å²) in [5.74, 6) is -0.183. The molecule has 26 heavy (non-hydrogen) atoms. The Kier molecular flexibility index (Phi) is 7.20. The molecule has 0 radical (unpaired) electrons. The van der Waals surface area contributed by atoms with E-state index in [0.29, 0.717) is 26.2 Å². The van der Waals surface area contributed by atoms with Crippen molar-refractivity contribution < 1.29 is 9.59 Å². The van der Waals surface area contributed by atoms with E-state index in [9.17, 15) is 9.59 Å². The number of nitrogens with zero attached hydrogens (tertiary/aromatic N) is 2. The first-order valence-corrected chi connectivity index (χ1v) is 9.38. The Hall–Kier alpha value is -1.89. The fourth-order valence-electron chi connectivity index (χ4n) is 3.09. The number of halogens is 1. The van der Waals surface area contributed by atoms with Gasteiger partial charge < -0.3 is 15.5 Å². The molecule has 2 heterocycles. The minimum atomic E-state index is -0.320. The molecule has 140 valence electrons. The molecule has 7 heteroatoms. The van der Waals surface area contributed by atoms with Crippen molar-refractivity contribution in [3.63, 3.8) is 0 Å². The zero-order valence-electron chi connectivity index (χ0n) is 14.7. The van der Waals surface area contributed by atoms with Crippen LogP contribution in [0.3, 0.4) is 0 Å². The lowest BCUT2D eigenvalue weighted by atomic mass is 9.94. The third-order valence-corrected chi connectivity index (χ3v) is 5.58. The van der Waals surface area contributed by atoms with E-state index in [1.807, 2.05) is 64.6 Å². The van der Waals surface area contributed by atoms with Crippen molar-refractivity contribution in [2.45, 2.75) is 13.0 Å². The molecule has 2 N–H and O–H groups in total. The number of piperazine rings is 1. The van der Waals surface area contributed by atoms with Crippen molar-refractivity contribution in [1.29, 1.82) is 0 Å². The van der Waals surface area contributed by atoms with Crippen molar-refractivity contribution in [3.8, 4) is 0 Å². The molecule has 2 amide bonds. The molecule has 2 aromatic rings. The molecule has 1 aliphatic rings. The number of carbonyl (C=O) groups excluding carboxylic acids is 2. The van der Waals surface area contributed by atoms with Crippen molar-refractivity contribution in [3.05, 3.63) is 58.3 Å². The first kappa shape index (κ1) is 20.4. The minimum absolute atomic E-state index is 0. The summed E-state index contributed by atoms with van der Waals surface area (Å²) in [6.45, 7) is 4.12. The Morgan fingerprint density at radius 2 is 1.62 bits per heavy atom. The van der Waals surface area contributed by atoms with Gasteiger partial charge in [-0.05, 0) is 17.0 Å². The summed E-state index contributed by atoms with van der Waals surface area (Å²) < 4.78 is 0. The van der Waals surface area contributed by atoms with Crippen LogP contribution in [0.5, 0.6) is 0 Å². The van der Waals surface area contributed by atoms with Gasteiger partial charge in [-0.15, -0.1) is 23.7 Å². The second-order valence-electron chi connectivity index (χ2n) is 6.32. The topological polar surface area (TPSA) is 66.6 Å². The molecule has 1 fully saturated rings. The zero-order chi connectivity index (χ0) is 17.8. The average molecular weight is 394 g/mol. The lowest BCUT2D eigenvalue weighted by molar-refractivity contribution is -0.137. The number of thiophene rings is 1. The number of rotatable bonds is 4. The maximum atomic E-state index is 12.8. The second-order valence-corrected chi connectivity index (χ2v) is 7.27. The van der Waals surface area contributed by atoms with Gasteiger partial charge in [-0.2, -0.15) is 0 Å². The summed E-state index contributed by atoms with van der Waals surface area (Å²) in [6.07, 6.45) is 0. The van der Waals surface area contributed by atoms with Gasteiger partial charge in [-0.3, -0.25) is 9.59 Å². The molecule has 0 aliphatic carbocycles. The molecular weight excluding hydrogens is 370 g/mol. The lowest BCUT2D eigenvalue weighted by Crippen LogP contribution is -2.52. The lowest BCUT2D eigenvalue weighted by Gasteiger charge is -2.36. The highest BCUT2D eigenvalue weighted by molar-refractivity contribution is 7.12. The van der Waals surface area contributed by atoms with Gasteiger partial charge >= 0.3 is 0 Å². The van der Waals surface area contributed by atoms with Crippen LogP contribution in [0.2, 0.25) is 0 Å². The number of carbonyl (C=O) groups is 2. The predicted octanol–water partition coefficient (Wildman–Crippen LogP) is 2.79. The first-order valence-electron chi connectivity index (χ1n) is 8.50. The molecule has 5 nitrogen and oxygen atoms in total. The van der Waals surface area contributed by atoms with Crippen molar-refractivity contribution in [2.24, 2.45) is 11.7 Å². The van der Waals surface area contributed by atoms with Crippen molar-refractivity contribution in [1.82, 2.24) is 9.80 Å². The summed E-state index contributed by atoms with van der Waals surface area (Å²) in [5.41, 5.74) is 7.24. The largest absolute Gasteiger partial charge is 0.339 e. The standard InChI is InChI=1S/C19H23N3O2S.ClH/c1-14(17(20)15-6-3-2-4-7-15)18(23)21-9-11-22(12-10-21)19(24)16-8-5-13-25-16;/h2-8,13-14,17H,9-12,20H2,1H3;1H. The minimum Gasteiger partial charge on any atom is -0.339 e. The molecule has 1 aliphatic heterocycles. The van der Waals surface area contributed by atoms with Crippen LogP contribution >= 0.6 is 23.7 Å². The molecule has 2 unspecified atom stereocenters. The number of hydrogen-bond donors (Lipinski definition) is 1. The Morgan fingerprint density at radius 1 is 1.00 bits per heavy atom. The van der Waals surface area contributed by atoms with Crippen LogP contribution in [0, 0.1) is 5.92 Å². The smallest absolute Gasteiger partial charge is 0.264 e. The number of benzene rings is 1. The number of amides is 2. The monoisotopic (exact) mass is 393 g/mol. The average Bonchev–Trinajstić information content (AvgIpc) is 3.21. The molecule has 0 bridgehead atoms. The van der Waals surface area contributed by atoms with E-state index in [1.165, 1.54) is 11.3 Å². The molecule has 1 aromatic carbocycles. The van der Waals surface area contributed by atoms with E-state index in [4.69, 9.17) is 5.73 Å². The fraction of sp³-hybridized carbons (Fsp3) is 0.368. The Labute approximate surface area is 164 Å². The summed E-state index contributed by atoms with van der Waals surface area (Å²) in [6, 6.07) is 13.1. The van der Waals surface area contributed by atoms with Gasteiger partial charge in [0.1, 0.15) is 0 Å². The molecule has 0 spiro atoms. The summed E-state index contributed by atoms with van der Waals surface area (Å²) in [7, 11) is 0. The SMILES string of the molecule is CC(C(=O)N1CCN(C(=O)c2cccs2)CC1)C(N)c1ccccc1.Cl. The predicted molar refractivity (Wildman–Crippen MR) is 107 cm³/mol. The summed E-state index contributed by atoms with van der Waals surface area (Å²) in [4.78, 5) is 29.5. The summed E-state index contributed by atoms with van der Waals surface area (Å²) in [5, 5.41) is 1.90. The quantitative estimate of drug-likeness (QED) is 0.868. The van der Waals surface area contributed by atoms with Gasteiger partial charge in [0.2, 0.25) is 5.91 Å². The summed E-state index contributed by atoms with van der Waals surface area (Å²) >= 11 is 1.45. The van der Waals surface area contributed by atoms with Crippen LogP contribution in [-0.4, -0.2) is 47.8 Å². The van der Waals surface area contributed by atoms with Gasteiger partial charge in [-0.25, -0.2) is 0 Å². The van der Waals surface area contributed by atoms with Gasteiger partial charge in [-0.1, -0.05) is 43.3 Å². The number of hydrogen-bond acceptors (Lipinski definition) is 4. The molecule has 2 atom stereocenters. The van der Waals surface area contributed by atoms with E-state index in [2.05, 4.69) is 0 Å². The fourth-order valence-corrected chi connectivity index (χ4v) is 3.78. The molecule has 0 saturated carbocycles. The van der Waals surface area contributed by atoms with E-state index in [0.717, 1.165) is 10.4 Å². The van der Waals surface area contributed by atoms with Gasteiger partial charge in [0.05, 0.1) is 10.8 Å². The zero-order valence-corrected chi connectivity index (χ0v) is 16.3. The van der Waals surface area contributed by atoms with Gasteiger partial charge in [0, 0.05) is 32.2 Å². The molecule has 1 saturated heterocycles. The van der Waals surface area contributed by atoms with E-state index in [-0.39, 0.29) is 36.2 Å². The Morgan fingerprint density at radius 3 is 2.19 bits per heavy atom. The highest BCUT2D eigenvalue weighted by Crippen LogP contribution is 2.22. The van der Waals surface area contributed by atoms with Crippen molar-refractivity contribution in [2.75, 3.05) is 26.2 Å². The molecule has 3 rings (SSSR count). The van der Waals surface area contributed by atoms with E-state index < -0.39 is 0 Å². The van der Waals surface area contributed by atoms with Gasteiger partial charge in [0.15, 0.2) is 0 Å². The first-order chi connectivity index (χ1) is 12.1.